The molecule has 6 nitrogen and oxygen atoms in total. The smallest absolute Gasteiger partial charge is 0.404 e. The normalized spacial score (nSPS) is 23.4. The molecular formula is C11H15BrN4O2. The highest BCUT2D eigenvalue weighted by atomic mass is 79.9. The van der Waals surface area contributed by atoms with Crippen molar-refractivity contribution < 1.29 is 9.53 Å². The number of anilines is 1. The molecule has 0 aliphatic heterocycles. The van der Waals surface area contributed by atoms with Crippen LogP contribution in [0.4, 0.5) is 10.6 Å². The summed E-state index contributed by atoms with van der Waals surface area (Å²) in [5, 5.41) is 11.3. The van der Waals surface area contributed by atoms with Crippen LogP contribution in [-0.2, 0) is 4.74 Å². The molecule has 1 heterocycles. The zero-order chi connectivity index (χ0) is 13.0. The van der Waals surface area contributed by atoms with E-state index in [0.29, 0.717) is 10.6 Å². The second-order valence-corrected chi connectivity index (χ2v) is 5.11. The van der Waals surface area contributed by atoms with Gasteiger partial charge in [0.15, 0.2) is 0 Å². The summed E-state index contributed by atoms with van der Waals surface area (Å²) >= 11 is 3.24. The van der Waals surface area contributed by atoms with Gasteiger partial charge in [0.05, 0.1) is 0 Å². The Morgan fingerprint density at radius 1 is 1.33 bits per heavy atom. The third kappa shape index (κ3) is 3.83. The molecule has 18 heavy (non-hydrogen) atoms. The molecule has 1 aromatic heterocycles. The Kier molecular flexibility index (Phi) is 4.35. The van der Waals surface area contributed by atoms with Crippen LogP contribution in [-0.4, -0.2) is 28.4 Å². The number of aromatic nitrogens is 2. The number of nitrogens with zero attached hydrogens (tertiary/aromatic N) is 2. The van der Waals surface area contributed by atoms with Crippen molar-refractivity contribution >= 4 is 27.8 Å². The average molecular weight is 315 g/mol. The van der Waals surface area contributed by atoms with Crippen LogP contribution in [0, 0.1) is 0 Å². The van der Waals surface area contributed by atoms with Gasteiger partial charge in [0.2, 0.25) is 0 Å². The van der Waals surface area contributed by atoms with Crippen molar-refractivity contribution in [2.45, 2.75) is 37.8 Å². The van der Waals surface area contributed by atoms with Crippen molar-refractivity contribution in [3.8, 4) is 0 Å². The van der Waals surface area contributed by atoms with Crippen LogP contribution in [0.3, 0.4) is 0 Å². The molecule has 0 unspecified atom stereocenters. The number of ether oxygens (including phenoxy) is 1. The Balaban J connectivity index is 1.79. The number of rotatable bonds is 3. The van der Waals surface area contributed by atoms with E-state index >= 15 is 0 Å². The number of nitrogens with two attached hydrogens (primary N) is 1. The number of hydrogen-bond donors (Lipinski definition) is 2. The van der Waals surface area contributed by atoms with E-state index in [0.717, 1.165) is 31.5 Å². The molecule has 0 atom stereocenters. The summed E-state index contributed by atoms with van der Waals surface area (Å²) in [6.45, 7) is 0. The molecule has 0 aromatic carbocycles. The van der Waals surface area contributed by atoms with Crippen LogP contribution < -0.4 is 11.1 Å². The molecule has 7 heteroatoms. The van der Waals surface area contributed by atoms with Gasteiger partial charge in [0.25, 0.3) is 0 Å². The summed E-state index contributed by atoms with van der Waals surface area (Å²) in [7, 11) is 0. The lowest BCUT2D eigenvalue weighted by Crippen LogP contribution is -2.32. The maximum atomic E-state index is 10.6. The van der Waals surface area contributed by atoms with Crippen LogP contribution in [0.2, 0.25) is 0 Å². The van der Waals surface area contributed by atoms with Gasteiger partial charge in [0, 0.05) is 6.04 Å². The van der Waals surface area contributed by atoms with Gasteiger partial charge >= 0.3 is 6.09 Å². The minimum Gasteiger partial charge on any atom is -0.446 e. The standard InChI is InChI=1S/C11H15BrN4O2/c12-9-5-6-10(16-15-9)14-7-1-3-8(4-2-7)18-11(13)17/h5-8H,1-4H2,(H2,13,17)(H,14,16). The second kappa shape index (κ2) is 5.99. The number of primary amides is 1. The molecule has 0 radical (unpaired) electrons. The number of amides is 1. The first-order valence-corrected chi connectivity index (χ1v) is 6.64. The maximum absolute atomic E-state index is 10.6. The van der Waals surface area contributed by atoms with Gasteiger partial charge < -0.3 is 15.8 Å². The molecule has 1 saturated carbocycles. The molecule has 1 aliphatic rings. The summed E-state index contributed by atoms with van der Waals surface area (Å²) in [5.74, 6) is 0.762. The molecular weight excluding hydrogens is 300 g/mol. The Morgan fingerprint density at radius 3 is 2.61 bits per heavy atom. The summed E-state index contributed by atoms with van der Waals surface area (Å²) in [6, 6.07) is 4.06. The fraction of sp³-hybridized carbons (Fsp3) is 0.545. The average Bonchev–Trinajstić information content (AvgIpc) is 2.34. The first-order chi connectivity index (χ1) is 8.63. The number of hydrogen-bond acceptors (Lipinski definition) is 5. The number of halogens is 1. The van der Waals surface area contributed by atoms with E-state index in [1.165, 1.54) is 0 Å². The summed E-state index contributed by atoms with van der Waals surface area (Å²) < 4.78 is 5.70. The van der Waals surface area contributed by atoms with Crippen molar-refractivity contribution in [3.05, 3.63) is 16.7 Å². The highest BCUT2D eigenvalue weighted by Gasteiger charge is 2.23. The zero-order valence-corrected chi connectivity index (χ0v) is 11.4. The minimum absolute atomic E-state index is 0.0449. The van der Waals surface area contributed by atoms with Gasteiger partial charge in [-0.1, -0.05) is 0 Å². The topological polar surface area (TPSA) is 90.1 Å². The Labute approximate surface area is 113 Å². The quantitative estimate of drug-likeness (QED) is 0.891. The fourth-order valence-corrected chi connectivity index (χ4v) is 2.30. The minimum atomic E-state index is -0.690. The molecule has 0 spiro atoms. The maximum Gasteiger partial charge on any atom is 0.404 e. The van der Waals surface area contributed by atoms with Crippen LogP contribution in [0.5, 0.6) is 0 Å². The van der Waals surface area contributed by atoms with Gasteiger partial charge in [-0.2, -0.15) is 0 Å². The van der Waals surface area contributed by atoms with Gasteiger partial charge in [-0.3, -0.25) is 0 Å². The van der Waals surface area contributed by atoms with E-state index < -0.39 is 6.09 Å². The highest BCUT2D eigenvalue weighted by molar-refractivity contribution is 9.10. The lowest BCUT2D eigenvalue weighted by atomic mass is 9.93. The Morgan fingerprint density at radius 2 is 2.06 bits per heavy atom. The lowest BCUT2D eigenvalue weighted by Gasteiger charge is -2.28. The Hall–Kier alpha value is -1.37. The molecule has 0 bridgehead atoms. The first kappa shape index (κ1) is 13.1. The van der Waals surface area contributed by atoms with E-state index in [1.54, 1.807) is 0 Å². The molecule has 98 valence electrons. The van der Waals surface area contributed by atoms with Gasteiger partial charge in [-0.05, 0) is 53.7 Å². The van der Waals surface area contributed by atoms with E-state index in [4.69, 9.17) is 10.5 Å². The third-order valence-corrected chi connectivity index (χ3v) is 3.36. The van der Waals surface area contributed by atoms with E-state index in [-0.39, 0.29) is 6.10 Å². The molecule has 1 amide bonds. The van der Waals surface area contributed by atoms with Gasteiger partial charge in [0.1, 0.15) is 16.5 Å². The molecule has 3 N–H and O–H groups in total. The number of carbonyl (C=O) groups is 1. The van der Waals surface area contributed by atoms with Crippen molar-refractivity contribution in [2.24, 2.45) is 5.73 Å². The largest absolute Gasteiger partial charge is 0.446 e. The van der Waals surface area contributed by atoms with Gasteiger partial charge in [-0.15, -0.1) is 10.2 Å². The van der Waals surface area contributed by atoms with E-state index in [9.17, 15) is 4.79 Å². The molecule has 1 fully saturated rings. The van der Waals surface area contributed by atoms with Gasteiger partial charge in [-0.25, -0.2) is 4.79 Å². The number of carbonyl (C=O) groups excluding carboxylic acids is 1. The molecule has 2 rings (SSSR count). The lowest BCUT2D eigenvalue weighted by molar-refractivity contribution is 0.0805. The van der Waals surface area contributed by atoms with Crippen molar-refractivity contribution in [1.82, 2.24) is 10.2 Å². The predicted octanol–water partition coefficient (Wildman–Crippen LogP) is 2.06. The fourth-order valence-electron chi connectivity index (χ4n) is 2.09. The number of nitrogens with one attached hydrogen (secondary N) is 1. The van der Waals surface area contributed by atoms with Crippen molar-refractivity contribution in [3.63, 3.8) is 0 Å². The van der Waals surface area contributed by atoms with E-state index in [1.807, 2.05) is 12.1 Å². The molecule has 0 saturated heterocycles. The van der Waals surface area contributed by atoms with Crippen molar-refractivity contribution in [1.29, 1.82) is 0 Å². The second-order valence-electron chi connectivity index (χ2n) is 4.30. The van der Waals surface area contributed by atoms with Crippen molar-refractivity contribution in [2.75, 3.05) is 5.32 Å². The first-order valence-electron chi connectivity index (χ1n) is 5.85. The van der Waals surface area contributed by atoms with Crippen LogP contribution >= 0.6 is 15.9 Å². The third-order valence-electron chi connectivity index (χ3n) is 2.94. The SMILES string of the molecule is NC(=O)OC1CCC(Nc2ccc(Br)nn2)CC1. The molecule has 1 aliphatic carbocycles. The van der Waals surface area contributed by atoms with E-state index in [2.05, 4.69) is 31.4 Å². The summed E-state index contributed by atoms with van der Waals surface area (Å²) in [6.07, 6.45) is 2.77. The predicted molar refractivity (Wildman–Crippen MR) is 70.1 cm³/mol. The monoisotopic (exact) mass is 314 g/mol. The Bertz CT molecular complexity index is 404. The summed E-state index contributed by atoms with van der Waals surface area (Å²) in [5.41, 5.74) is 5.00. The molecule has 1 aromatic rings. The van der Waals surface area contributed by atoms with Crippen LogP contribution in [0.25, 0.3) is 0 Å². The highest BCUT2D eigenvalue weighted by Crippen LogP contribution is 2.23. The van der Waals surface area contributed by atoms with Crippen LogP contribution in [0.15, 0.2) is 16.7 Å². The van der Waals surface area contributed by atoms with Crippen LogP contribution in [0.1, 0.15) is 25.7 Å². The zero-order valence-electron chi connectivity index (χ0n) is 9.80. The summed E-state index contributed by atoms with van der Waals surface area (Å²) in [4.78, 5) is 10.6.